The number of nitrogens with zero attached hydrogens (tertiary/aromatic N) is 2. The van der Waals surface area contributed by atoms with Gasteiger partial charge in [0.25, 0.3) is 0 Å². The van der Waals surface area contributed by atoms with E-state index in [2.05, 4.69) is 59.5 Å². The molecule has 3 nitrogen and oxygen atoms in total. The summed E-state index contributed by atoms with van der Waals surface area (Å²) in [5.74, 6) is 1.94. The number of hydrogen-bond donors (Lipinski definition) is 0. The van der Waals surface area contributed by atoms with Crippen LogP contribution in [0.15, 0.2) is 102 Å². The van der Waals surface area contributed by atoms with Gasteiger partial charge in [0.1, 0.15) is 11.6 Å². The monoisotopic (exact) mass is 378 g/mol. The molecule has 142 valence electrons. The van der Waals surface area contributed by atoms with Gasteiger partial charge in [0.05, 0.1) is 18.8 Å². The van der Waals surface area contributed by atoms with Gasteiger partial charge in [0.15, 0.2) is 0 Å². The minimum Gasteiger partial charge on any atom is -0.497 e. The molecule has 5 rings (SSSR count). The molecule has 0 aliphatic carbocycles. The van der Waals surface area contributed by atoms with E-state index >= 15 is 0 Å². The van der Waals surface area contributed by atoms with Gasteiger partial charge in [-0.25, -0.2) is 4.99 Å². The summed E-state index contributed by atoms with van der Waals surface area (Å²) >= 11 is 0. The summed E-state index contributed by atoms with van der Waals surface area (Å²) in [6.45, 7) is 0. The summed E-state index contributed by atoms with van der Waals surface area (Å²) in [7, 11) is 1.69. The van der Waals surface area contributed by atoms with Crippen LogP contribution in [0.5, 0.6) is 5.75 Å². The Morgan fingerprint density at radius 1 is 0.793 bits per heavy atom. The van der Waals surface area contributed by atoms with Gasteiger partial charge in [0, 0.05) is 12.1 Å². The van der Waals surface area contributed by atoms with Crippen LogP contribution in [0.3, 0.4) is 0 Å². The van der Waals surface area contributed by atoms with Crippen molar-refractivity contribution in [3.05, 3.63) is 103 Å². The second-order valence-electron chi connectivity index (χ2n) is 7.26. The van der Waals surface area contributed by atoms with E-state index in [4.69, 9.17) is 9.73 Å². The van der Waals surface area contributed by atoms with Crippen LogP contribution < -0.4 is 9.64 Å². The highest BCUT2D eigenvalue weighted by Gasteiger charge is 2.36. The Hall–Kier alpha value is -3.59. The smallest absolute Gasteiger partial charge is 0.119 e. The van der Waals surface area contributed by atoms with E-state index in [1.165, 1.54) is 16.3 Å². The van der Waals surface area contributed by atoms with Crippen molar-refractivity contribution < 1.29 is 4.74 Å². The topological polar surface area (TPSA) is 24.8 Å². The van der Waals surface area contributed by atoms with Crippen molar-refractivity contribution >= 4 is 28.0 Å². The molecule has 1 heterocycles. The zero-order valence-corrected chi connectivity index (χ0v) is 16.3. The van der Waals surface area contributed by atoms with Gasteiger partial charge in [-0.3, -0.25) is 0 Å². The number of amidine groups is 1. The highest BCUT2D eigenvalue weighted by molar-refractivity contribution is 6.06. The molecule has 1 aliphatic heterocycles. The molecule has 29 heavy (non-hydrogen) atoms. The first-order valence-electron chi connectivity index (χ1n) is 9.86. The Labute approximate surface area is 170 Å². The van der Waals surface area contributed by atoms with Crippen LogP contribution in [-0.4, -0.2) is 12.9 Å². The first-order valence-corrected chi connectivity index (χ1v) is 9.86. The molecule has 1 saturated heterocycles. The van der Waals surface area contributed by atoms with Crippen molar-refractivity contribution in [2.75, 3.05) is 12.0 Å². The second kappa shape index (κ2) is 7.44. The normalized spacial score (nSPS) is 17.3. The first-order chi connectivity index (χ1) is 14.3. The minimum absolute atomic E-state index is 0.274. The van der Waals surface area contributed by atoms with Gasteiger partial charge in [-0.15, -0.1) is 0 Å². The van der Waals surface area contributed by atoms with Gasteiger partial charge < -0.3 is 9.64 Å². The number of para-hydroxylation sites is 1. The molecule has 0 spiro atoms. The van der Waals surface area contributed by atoms with Crippen LogP contribution in [0.2, 0.25) is 0 Å². The zero-order chi connectivity index (χ0) is 19.6. The number of anilines is 1. The summed E-state index contributed by atoms with van der Waals surface area (Å²) in [5.41, 5.74) is 3.43. The first kappa shape index (κ1) is 17.5. The molecule has 1 fully saturated rings. The Balaban J connectivity index is 1.54. The van der Waals surface area contributed by atoms with Crippen LogP contribution in [-0.2, 0) is 0 Å². The Morgan fingerprint density at radius 3 is 2.28 bits per heavy atom. The fraction of sp³-hybridized carbons (Fsp3) is 0.115. The minimum atomic E-state index is 0.274. The van der Waals surface area contributed by atoms with E-state index < -0.39 is 0 Å². The molecule has 4 aromatic carbocycles. The molecule has 1 atom stereocenters. The molecule has 0 radical (unpaired) electrons. The van der Waals surface area contributed by atoms with Gasteiger partial charge >= 0.3 is 0 Å². The molecule has 0 N–H and O–H groups in total. The average Bonchev–Trinajstić information content (AvgIpc) is 2.77. The third-order valence-electron chi connectivity index (χ3n) is 5.49. The quantitative estimate of drug-likeness (QED) is 0.403. The molecule has 0 aromatic heterocycles. The van der Waals surface area contributed by atoms with Crippen molar-refractivity contribution in [3.63, 3.8) is 0 Å². The van der Waals surface area contributed by atoms with E-state index in [9.17, 15) is 0 Å². The standard InChI is InChI=1S/C26H22N2O/c1-29-24-15-13-23(14-16-24)28-25(18-26(28)27-22-9-3-2-4-10-22)21-12-11-19-7-5-6-8-20(19)17-21/h2-17,25H,18H2,1H3/b27-26+. The lowest BCUT2D eigenvalue weighted by Gasteiger charge is -2.44. The number of aliphatic imine (C=N–C) groups is 1. The lowest BCUT2D eigenvalue weighted by atomic mass is 9.91. The third kappa shape index (κ3) is 3.36. The predicted molar refractivity (Wildman–Crippen MR) is 120 cm³/mol. The number of fused-ring (bicyclic) bond motifs is 1. The van der Waals surface area contributed by atoms with Crippen LogP contribution >= 0.6 is 0 Å². The Kier molecular flexibility index (Phi) is 4.49. The van der Waals surface area contributed by atoms with Gasteiger partial charge in [-0.05, 0) is 58.8 Å². The number of rotatable bonds is 4. The molecule has 1 unspecified atom stereocenters. The molecular formula is C26H22N2O. The molecule has 0 bridgehead atoms. The van der Waals surface area contributed by atoms with Gasteiger partial charge in [-0.2, -0.15) is 0 Å². The van der Waals surface area contributed by atoms with E-state index in [0.717, 1.165) is 29.4 Å². The lowest BCUT2D eigenvalue weighted by Crippen LogP contribution is -2.46. The summed E-state index contributed by atoms with van der Waals surface area (Å²) in [5, 5.41) is 2.54. The highest BCUT2D eigenvalue weighted by atomic mass is 16.5. The highest BCUT2D eigenvalue weighted by Crippen LogP contribution is 2.41. The van der Waals surface area contributed by atoms with Crippen molar-refractivity contribution in [3.8, 4) is 5.75 Å². The molecule has 4 aromatic rings. The van der Waals surface area contributed by atoms with Crippen molar-refractivity contribution in [1.82, 2.24) is 0 Å². The lowest BCUT2D eigenvalue weighted by molar-refractivity contribution is 0.415. The molecular weight excluding hydrogens is 356 g/mol. The second-order valence-corrected chi connectivity index (χ2v) is 7.26. The maximum absolute atomic E-state index is 5.33. The average molecular weight is 378 g/mol. The molecule has 3 heteroatoms. The number of methoxy groups -OCH3 is 1. The van der Waals surface area contributed by atoms with E-state index in [-0.39, 0.29) is 6.04 Å². The van der Waals surface area contributed by atoms with Crippen molar-refractivity contribution in [2.24, 2.45) is 4.99 Å². The predicted octanol–water partition coefficient (Wildman–Crippen LogP) is 6.53. The largest absolute Gasteiger partial charge is 0.497 e. The number of benzene rings is 4. The van der Waals surface area contributed by atoms with Gasteiger partial charge in [-0.1, -0.05) is 54.6 Å². The fourth-order valence-electron chi connectivity index (χ4n) is 3.93. The van der Waals surface area contributed by atoms with E-state index in [1.54, 1.807) is 7.11 Å². The molecule has 0 amide bonds. The summed E-state index contributed by atoms with van der Waals surface area (Å²) in [6, 6.07) is 33.9. The molecule has 1 aliphatic rings. The molecule has 0 saturated carbocycles. The summed E-state index contributed by atoms with van der Waals surface area (Å²) < 4.78 is 5.33. The maximum atomic E-state index is 5.33. The number of ether oxygens (including phenoxy) is 1. The van der Waals surface area contributed by atoms with Crippen LogP contribution in [0.25, 0.3) is 10.8 Å². The Morgan fingerprint density at radius 2 is 1.52 bits per heavy atom. The van der Waals surface area contributed by atoms with E-state index in [0.29, 0.717) is 0 Å². The number of hydrogen-bond acceptors (Lipinski definition) is 2. The third-order valence-corrected chi connectivity index (χ3v) is 5.49. The van der Waals surface area contributed by atoms with Crippen molar-refractivity contribution in [2.45, 2.75) is 12.5 Å². The van der Waals surface area contributed by atoms with Crippen LogP contribution in [0.4, 0.5) is 11.4 Å². The van der Waals surface area contributed by atoms with Crippen molar-refractivity contribution in [1.29, 1.82) is 0 Å². The van der Waals surface area contributed by atoms with E-state index in [1.807, 2.05) is 42.5 Å². The Bertz CT molecular complexity index is 1170. The van der Waals surface area contributed by atoms with Crippen LogP contribution in [0, 0.1) is 0 Å². The summed E-state index contributed by atoms with van der Waals surface area (Å²) in [6.07, 6.45) is 0.916. The summed E-state index contributed by atoms with van der Waals surface area (Å²) in [4.78, 5) is 7.24. The fourth-order valence-corrected chi connectivity index (χ4v) is 3.93. The SMILES string of the molecule is COc1ccc(N2/C(=N/c3ccccc3)CC2c2ccc3ccccc3c2)cc1. The van der Waals surface area contributed by atoms with Crippen LogP contribution in [0.1, 0.15) is 18.0 Å². The zero-order valence-electron chi connectivity index (χ0n) is 16.3. The maximum Gasteiger partial charge on any atom is 0.119 e. The van der Waals surface area contributed by atoms with Gasteiger partial charge in [0.2, 0.25) is 0 Å².